The SMILES string of the molecule is CC1(C)OB(c2cc(CN3CCC4(CCOCC4)C3)ccc2F)OC1(C)C. The quantitative estimate of drug-likeness (QED) is 0.760. The average Bonchev–Trinajstić information content (AvgIpc) is 3.07. The molecule has 0 saturated carbocycles. The van der Waals surface area contributed by atoms with Gasteiger partial charge in [-0.2, -0.15) is 0 Å². The van der Waals surface area contributed by atoms with Crippen molar-refractivity contribution in [3.8, 4) is 0 Å². The Bertz CT molecular complexity index is 687. The van der Waals surface area contributed by atoms with E-state index in [4.69, 9.17) is 14.0 Å². The fourth-order valence-electron chi connectivity index (χ4n) is 4.48. The molecule has 0 atom stereocenters. The maximum Gasteiger partial charge on any atom is 0.497 e. The summed E-state index contributed by atoms with van der Waals surface area (Å²) in [4.78, 5) is 2.49. The zero-order chi connectivity index (χ0) is 19.3. The second-order valence-corrected chi connectivity index (χ2v) is 9.52. The highest BCUT2D eigenvalue weighted by molar-refractivity contribution is 6.62. The third-order valence-corrected chi connectivity index (χ3v) is 7.04. The van der Waals surface area contributed by atoms with E-state index in [-0.39, 0.29) is 5.82 Å². The smallest absolute Gasteiger partial charge is 0.399 e. The Morgan fingerprint density at radius 2 is 1.70 bits per heavy atom. The van der Waals surface area contributed by atoms with Gasteiger partial charge in [0.25, 0.3) is 0 Å². The van der Waals surface area contributed by atoms with Crippen molar-refractivity contribution >= 4 is 12.6 Å². The number of hydrogen-bond donors (Lipinski definition) is 0. The Morgan fingerprint density at radius 3 is 2.37 bits per heavy atom. The van der Waals surface area contributed by atoms with Crippen molar-refractivity contribution < 1.29 is 18.4 Å². The van der Waals surface area contributed by atoms with E-state index in [0.717, 1.165) is 51.3 Å². The molecular weight excluding hydrogens is 344 g/mol. The Hall–Kier alpha value is -0.945. The predicted octanol–water partition coefficient (Wildman–Crippen LogP) is 3.13. The number of likely N-dealkylation sites (tertiary alicyclic amines) is 1. The van der Waals surface area contributed by atoms with Gasteiger partial charge in [0.2, 0.25) is 0 Å². The number of benzene rings is 1. The molecule has 3 fully saturated rings. The number of ether oxygens (including phenoxy) is 1. The van der Waals surface area contributed by atoms with Gasteiger partial charge in [-0.05, 0) is 70.5 Å². The topological polar surface area (TPSA) is 30.9 Å². The molecule has 0 amide bonds. The van der Waals surface area contributed by atoms with Crippen molar-refractivity contribution in [2.75, 3.05) is 26.3 Å². The Balaban J connectivity index is 1.47. The molecule has 27 heavy (non-hydrogen) atoms. The van der Waals surface area contributed by atoms with Gasteiger partial charge in [0.1, 0.15) is 5.82 Å². The lowest BCUT2D eigenvalue weighted by Gasteiger charge is -2.33. The van der Waals surface area contributed by atoms with Gasteiger partial charge in [0.05, 0.1) is 11.2 Å². The van der Waals surface area contributed by atoms with Crippen LogP contribution in [0.1, 0.15) is 52.5 Å². The van der Waals surface area contributed by atoms with Crippen LogP contribution >= 0.6 is 0 Å². The number of hydrogen-bond acceptors (Lipinski definition) is 4. The van der Waals surface area contributed by atoms with Crippen LogP contribution in [0.3, 0.4) is 0 Å². The first kappa shape index (κ1) is 19.4. The highest BCUT2D eigenvalue weighted by Gasteiger charge is 2.52. The minimum atomic E-state index is -0.657. The zero-order valence-corrected chi connectivity index (χ0v) is 17.0. The zero-order valence-electron chi connectivity index (χ0n) is 17.0. The molecule has 0 bridgehead atoms. The van der Waals surface area contributed by atoms with Crippen LogP contribution in [0.2, 0.25) is 0 Å². The van der Waals surface area contributed by atoms with Crippen LogP contribution in [0.4, 0.5) is 4.39 Å². The molecule has 0 unspecified atom stereocenters. The monoisotopic (exact) mass is 375 g/mol. The molecule has 4 nitrogen and oxygen atoms in total. The number of halogens is 1. The molecule has 1 aromatic rings. The van der Waals surface area contributed by atoms with Crippen molar-refractivity contribution in [2.24, 2.45) is 5.41 Å². The fraction of sp³-hybridized carbons (Fsp3) is 0.714. The molecule has 6 heteroatoms. The van der Waals surface area contributed by atoms with Gasteiger partial charge in [-0.1, -0.05) is 12.1 Å². The largest absolute Gasteiger partial charge is 0.497 e. The molecule has 148 valence electrons. The normalized spacial score (nSPS) is 26.8. The molecule has 0 aromatic heterocycles. The molecule has 1 spiro atoms. The summed E-state index contributed by atoms with van der Waals surface area (Å²) in [5.41, 5.74) is 1.11. The molecule has 0 N–H and O–H groups in total. The second-order valence-electron chi connectivity index (χ2n) is 9.52. The van der Waals surface area contributed by atoms with Gasteiger partial charge in [0, 0.05) is 31.8 Å². The summed E-state index contributed by atoms with van der Waals surface area (Å²) in [6.45, 7) is 12.8. The van der Waals surface area contributed by atoms with E-state index >= 15 is 0 Å². The molecule has 0 radical (unpaired) electrons. The van der Waals surface area contributed by atoms with E-state index in [1.165, 1.54) is 6.42 Å². The Kier molecular flexibility index (Phi) is 4.90. The first-order chi connectivity index (χ1) is 12.7. The standard InChI is InChI=1S/C21H31BFNO3/c1-19(2)20(3,4)27-22(26-19)17-13-16(5-6-18(17)23)14-24-10-7-21(15-24)8-11-25-12-9-21/h5-6,13H,7-12,14-15H2,1-4H3. The van der Waals surface area contributed by atoms with E-state index in [0.29, 0.717) is 10.9 Å². The lowest BCUT2D eigenvalue weighted by molar-refractivity contribution is 0.00578. The van der Waals surface area contributed by atoms with Gasteiger partial charge >= 0.3 is 7.12 Å². The molecule has 3 heterocycles. The van der Waals surface area contributed by atoms with Gasteiger partial charge in [0.15, 0.2) is 0 Å². The third kappa shape index (κ3) is 3.69. The van der Waals surface area contributed by atoms with Crippen LogP contribution in [0.25, 0.3) is 0 Å². The molecule has 4 rings (SSSR count). The Labute approximate surface area is 162 Å². The first-order valence-corrected chi connectivity index (χ1v) is 10.1. The molecule has 3 aliphatic heterocycles. The van der Waals surface area contributed by atoms with Crippen LogP contribution < -0.4 is 5.46 Å². The summed E-state index contributed by atoms with van der Waals surface area (Å²) in [5, 5.41) is 0. The summed E-state index contributed by atoms with van der Waals surface area (Å²) in [6, 6.07) is 5.36. The fourth-order valence-corrected chi connectivity index (χ4v) is 4.48. The van der Waals surface area contributed by atoms with Gasteiger partial charge < -0.3 is 14.0 Å². The van der Waals surface area contributed by atoms with Crippen LogP contribution in [-0.2, 0) is 20.6 Å². The van der Waals surface area contributed by atoms with E-state index in [1.54, 1.807) is 6.07 Å². The van der Waals surface area contributed by atoms with Crippen molar-refractivity contribution in [3.05, 3.63) is 29.6 Å². The maximum absolute atomic E-state index is 14.5. The van der Waals surface area contributed by atoms with Crippen LogP contribution in [0, 0.1) is 11.2 Å². The highest BCUT2D eigenvalue weighted by atomic mass is 19.1. The van der Waals surface area contributed by atoms with Crippen LogP contribution in [0.15, 0.2) is 18.2 Å². The lowest BCUT2D eigenvalue weighted by atomic mass is 9.78. The van der Waals surface area contributed by atoms with Crippen molar-refractivity contribution in [3.63, 3.8) is 0 Å². The van der Waals surface area contributed by atoms with Gasteiger partial charge in [-0.3, -0.25) is 4.90 Å². The van der Waals surface area contributed by atoms with E-state index in [2.05, 4.69) is 4.90 Å². The summed E-state index contributed by atoms with van der Waals surface area (Å²) < 4.78 is 32.2. The average molecular weight is 375 g/mol. The Morgan fingerprint density at radius 1 is 1.04 bits per heavy atom. The number of rotatable bonds is 3. The highest BCUT2D eigenvalue weighted by Crippen LogP contribution is 2.40. The molecule has 3 aliphatic rings. The minimum absolute atomic E-state index is 0.264. The minimum Gasteiger partial charge on any atom is -0.399 e. The molecule has 1 aromatic carbocycles. The molecule has 3 saturated heterocycles. The van der Waals surface area contributed by atoms with Crippen molar-refractivity contribution in [1.82, 2.24) is 4.90 Å². The van der Waals surface area contributed by atoms with Crippen LogP contribution in [-0.4, -0.2) is 49.5 Å². The third-order valence-electron chi connectivity index (χ3n) is 7.04. The predicted molar refractivity (Wildman–Crippen MR) is 104 cm³/mol. The second kappa shape index (κ2) is 6.84. The molecule has 0 aliphatic carbocycles. The van der Waals surface area contributed by atoms with Crippen molar-refractivity contribution in [1.29, 1.82) is 0 Å². The summed E-state index contributed by atoms with van der Waals surface area (Å²) in [7, 11) is -0.657. The molecular formula is C21H31BFNO3. The van der Waals surface area contributed by atoms with E-state index < -0.39 is 18.3 Å². The number of nitrogens with zero attached hydrogens (tertiary/aromatic N) is 1. The summed E-state index contributed by atoms with van der Waals surface area (Å²) >= 11 is 0. The summed E-state index contributed by atoms with van der Waals surface area (Å²) in [5.74, 6) is -0.264. The van der Waals surface area contributed by atoms with E-state index in [1.807, 2.05) is 39.8 Å². The van der Waals surface area contributed by atoms with Gasteiger partial charge in [-0.15, -0.1) is 0 Å². The van der Waals surface area contributed by atoms with E-state index in [9.17, 15) is 4.39 Å². The summed E-state index contributed by atoms with van der Waals surface area (Å²) in [6.07, 6.45) is 3.56. The van der Waals surface area contributed by atoms with Crippen molar-refractivity contribution in [2.45, 2.75) is 64.7 Å². The lowest BCUT2D eigenvalue weighted by Crippen LogP contribution is -2.41. The van der Waals surface area contributed by atoms with Crippen LogP contribution in [0.5, 0.6) is 0 Å². The maximum atomic E-state index is 14.5. The van der Waals surface area contributed by atoms with Gasteiger partial charge in [-0.25, -0.2) is 4.39 Å². The first-order valence-electron chi connectivity index (χ1n) is 10.1.